The fraction of sp³-hybridized carbons (Fsp3) is 0.0517. The normalized spacial score (nSPS) is 13.0. The topological polar surface area (TPSA) is 56.7 Å². The Hall–Kier alpha value is -8.15. The molecular weight excluding hydrogens is 769 g/mol. The first-order valence-corrected chi connectivity index (χ1v) is 21.5. The molecule has 0 radical (unpaired) electrons. The number of benzene rings is 9. The number of para-hydroxylation sites is 2. The van der Waals surface area contributed by atoms with Gasteiger partial charge < -0.3 is 8.98 Å². The van der Waals surface area contributed by atoms with Crippen molar-refractivity contribution < 1.29 is 4.42 Å². The quantitative estimate of drug-likeness (QED) is 0.174. The predicted molar refractivity (Wildman–Crippen MR) is 258 cm³/mol. The Kier molecular flexibility index (Phi) is 7.58. The van der Waals surface area contributed by atoms with Crippen LogP contribution in [-0.2, 0) is 5.41 Å². The molecule has 63 heavy (non-hydrogen) atoms. The van der Waals surface area contributed by atoms with E-state index in [4.69, 9.17) is 19.4 Å². The maximum Gasteiger partial charge on any atom is 0.164 e. The van der Waals surface area contributed by atoms with Crippen LogP contribution in [-0.4, -0.2) is 19.5 Å². The molecule has 0 aliphatic heterocycles. The van der Waals surface area contributed by atoms with Gasteiger partial charge in [0.15, 0.2) is 17.5 Å². The number of furan rings is 1. The maximum atomic E-state index is 6.71. The standard InChI is InChI=1S/C58H38N4O/c1-58(2)47-24-11-8-21-42(47)43-29-27-39(32-48(43)58)57-60-55(36-16-4-3-5-17-36)59-56(61-57)38-19-14-18-37(31-38)46-33-40(34-52-54(46)45-23-10-13-26-51(45)63-52)62-49-25-12-9-22-44(49)53-41-20-7-6-15-35(41)28-30-50(53)62/h3-34H,1-2H3. The van der Waals surface area contributed by atoms with Crippen LogP contribution in [0.25, 0.3) is 117 Å². The van der Waals surface area contributed by atoms with Crippen molar-refractivity contribution in [1.29, 1.82) is 0 Å². The highest BCUT2D eigenvalue weighted by atomic mass is 16.3. The van der Waals surface area contributed by atoms with E-state index in [0.717, 1.165) is 66.5 Å². The summed E-state index contributed by atoms with van der Waals surface area (Å²) < 4.78 is 9.10. The van der Waals surface area contributed by atoms with E-state index in [1.807, 2.05) is 24.3 Å². The zero-order valence-electron chi connectivity index (χ0n) is 34.7. The molecule has 0 N–H and O–H groups in total. The maximum absolute atomic E-state index is 6.71. The Morgan fingerprint density at radius 3 is 1.90 bits per heavy atom. The van der Waals surface area contributed by atoms with Crippen molar-refractivity contribution in [3.8, 4) is 62.1 Å². The van der Waals surface area contributed by atoms with Crippen LogP contribution in [0, 0.1) is 0 Å². The summed E-state index contributed by atoms with van der Waals surface area (Å²) >= 11 is 0. The third-order valence-corrected chi connectivity index (χ3v) is 13.2. The Bertz CT molecular complexity index is 3840. The smallest absolute Gasteiger partial charge is 0.164 e. The second kappa shape index (κ2) is 13.4. The molecule has 0 spiro atoms. The Morgan fingerprint density at radius 2 is 1.05 bits per heavy atom. The fourth-order valence-electron chi connectivity index (χ4n) is 10.2. The number of aromatic nitrogens is 4. The van der Waals surface area contributed by atoms with Gasteiger partial charge in [-0.2, -0.15) is 0 Å². The molecule has 0 bridgehead atoms. The summed E-state index contributed by atoms with van der Waals surface area (Å²) in [6, 6.07) is 68.9. The third kappa shape index (κ3) is 5.39. The minimum absolute atomic E-state index is 0.154. The van der Waals surface area contributed by atoms with Gasteiger partial charge >= 0.3 is 0 Å². The van der Waals surface area contributed by atoms with Crippen LogP contribution >= 0.6 is 0 Å². The van der Waals surface area contributed by atoms with Crippen LogP contribution in [0.15, 0.2) is 199 Å². The molecule has 12 aromatic rings. The monoisotopic (exact) mass is 806 g/mol. The van der Waals surface area contributed by atoms with Gasteiger partial charge in [-0.3, -0.25) is 0 Å². The van der Waals surface area contributed by atoms with Crippen molar-refractivity contribution in [1.82, 2.24) is 19.5 Å². The number of nitrogens with zero attached hydrogens (tertiary/aromatic N) is 4. The van der Waals surface area contributed by atoms with Gasteiger partial charge in [0.1, 0.15) is 11.2 Å². The van der Waals surface area contributed by atoms with E-state index < -0.39 is 0 Å². The molecule has 0 atom stereocenters. The lowest BCUT2D eigenvalue weighted by molar-refractivity contribution is 0.660. The van der Waals surface area contributed by atoms with Gasteiger partial charge in [0.05, 0.1) is 16.7 Å². The summed E-state index contributed by atoms with van der Waals surface area (Å²) in [6.07, 6.45) is 0. The second-order valence-corrected chi connectivity index (χ2v) is 17.2. The van der Waals surface area contributed by atoms with Crippen molar-refractivity contribution in [2.75, 3.05) is 0 Å². The third-order valence-electron chi connectivity index (χ3n) is 13.2. The zero-order valence-corrected chi connectivity index (χ0v) is 34.7. The lowest BCUT2D eigenvalue weighted by atomic mass is 9.82. The Morgan fingerprint density at radius 1 is 0.397 bits per heavy atom. The van der Waals surface area contributed by atoms with E-state index in [2.05, 4.69) is 188 Å². The van der Waals surface area contributed by atoms with Crippen LogP contribution in [0.2, 0.25) is 0 Å². The van der Waals surface area contributed by atoms with Crippen molar-refractivity contribution in [2.45, 2.75) is 19.3 Å². The molecule has 296 valence electrons. The van der Waals surface area contributed by atoms with Gasteiger partial charge in [-0.05, 0) is 80.6 Å². The summed E-state index contributed by atoms with van der Waals surface area (Å²) in [5, 5.41) is 7.06. The first kappa shape index (κ1) is 35.6. The molecule has 0 saturated heterocycles. The predicted octanol–water partition coefficient (Wildman–Crippen LogP) is 15.0. The summed E-state index contributed by atoms with van der Waals surface area (Å²) in [7, 11) is 0. The average Bonchev–Trinajstić information content (AvgIpc) is 3.97. The van der Waals surface area contributed by atoms with Gasteiger partial charge in [0.25, 0.3) is 0 Å². The lowest BCUT2D eigenvalue weighted by Gasteiger charge is -2.21. The van der Waals surface area contributed by atoms with E-state index in [1.165, 1.54) is 43.8 Å². The Labute approximate surface area is 363 Å². The summed E-state index contributed by atoms with van der Waals surface area (Å²) in [5.74, 6) is 1.89. The number of hydrogen-bond donors (Lipinski definition) is 0. The molecule has 9 aromatic carbocycles. The van der Waals surface area contributed by atoms with Crippen molar-refractivity contribution in [2.24, 2.45) is 0 Å². The fourth-order valence-corrected chi connectivity index (χ4v) is 10.2. The highest BCUT2D eigenvalue weighted by Gasteiger charge is 2.35. The zero-order chi connectivity index (χ0) is 41.8. The molecular formula is C58H38N4O. The summed E-state index contributed by atoms with van der Waals surface area (Å²) in [5.41, 5.74) is 14.9. The van der Waals surface area contributed by atoms with Crippen molar-refractivity contribution in [3.05, 3.63) is 205 Å². The van der Waals surface area contributed by atoms with Crippen LogP contribution in [0.1, 0.15) is 25.0 Å². The second-order valence-electron chi connectivity index (χ2n) is 17.2. The van der Waals surface area contributed by atoms with E-state index in [-0.39, 0.29) is 5.41 Å². The van der Waals surface area contributed by atoms with Crippen molar-refractivity contribution >= 4 is 54.5 Å². The molecule has 5 heteroatoms. The Balaban J connectivity index is 1.02. The molecule has 1 aliphatic carbocycles. The summed E-state index contributed by atoms with van der Waals surface area (Å²) in [6.45, 7) is 4.61. The number of rotatable bonds is 5. The van der Waals surface area contributed by atoms with Gasteiger partial charge in [0.2, 0.25) is 0 Å². The van der Waals surface area contributed by atoms with E-state index in [9.17, 15) is 0 Å². The van der Waals surface area contributed by atoms with Crippen LogP contribution in [0.3, 0.4) is 0 Å². The van der Waals surface area contributed by atoms with Gasteiger partial charge in [-0.1, -0.05) is 166 Å². The number of hydrogen-bond acceptors (Lipinski definition) is 4. The largest absolute Gasteiger partial charge is 0.456 e. The van der Waals surface area contributed by atoms with Gasteiger partial charge in [-0.25, -0.2) is 15.0 Å². The molecule has 1 aliphatic rings. The molecule has 0 unspecified atom stereocenters. The molecule has 0 saturated carbocycles. The minimum atomic E-state index is -0.154. The lowest BCUT2D eigenvalue weighted by Crippen LogP contribution is -2.15. The van der Waals surface area contributed by atoms with Crippen molar-refractivity contribution in [3.63, 3.8) is 0 Å². The van der Waals surface area contributed by atoms with E-state index in [1.54, 1.807) is 0 Å². The van der Waals surface area contributed by atoms with Crippen LogP contribution in [0.5, 0.6) is 0 Å². The minimum Gasteiger partial charge on any atom is -0.456 e. The van der Waals surface area contributed by atoms with E-state index in [0.29, 0.717) is 17.5 Å². The molecule has 3 heterocycles. The summed E-state index contributed by atoms with van der Waals surface area (Å²) in [4.78, 5) is 15.6. The highest BCUT2D eigenvalue weighted by Crippen LogP contribution is 2.50. The van der Waals surface area contributed by atoms with Crippen LogP contribution in [0.4, 0.5) is 0 Å². The molecule has 0 amide bonds. The number of fused-ring (bicyclic) bond motifs is 11. The van der Waals surface area contributed by atoms with E-state index >= 15 is 0 Å². The molecule has 13 rings (SSSR count). The molecule has 0 fully saturated rings. The first-order chi connectivity index (χ1) is 31.0. The molecule has 3 aromatic heterocycles. The van der Waals surface area contributed by atoms with Gasteiger partial charge in [0, 0.05) is 49.7 Å². The first-order valence-electron chi connectivity index (χ1n) is 21.5. The SMILES string of the molecule is CC1(C)c2ccccc2-c2ccc(-c3nc(-c4ccccc4)nc(-c4cccc(-c5cc(-n6c7ccccc7c7c8ccccc8ccc76)cc6oc7ccccc7c56)c4)n3)cc21. The van der Waals surface area contributed by atoms with Crippen LogP contribution < -0.4 is 0 Å². The highest BCUT2D eigenvalue weighted by molar-refractivity contribution is 6.22. The molecule has 5 nitrogen and oxygen atoms in total. The average molecular weight is 807 g/mol. The van der Waals surface area contributed by atoms with Gasteiger partial charge in [-0.15, -0.1) is 0 Å².